The molecule has 1 amide bonds. The van der Waals surface area contributed by atoms with Gasteiger partial charge in [-0.05, 0) is 36.4 Å². The van der Waals surface area contributed by atoms with E-state index in [1.807, 2.05) is 36.4 Å². The van der Waals surface area contributed by atoms with Crippen LogP contribution in [0, 0.1) is 0 Å². The van der Waals surface area contributed by atoms with Gasteiger partial charge in [-0.25, -0.2) is 4.98 Å². The summed E-state index contributed by atoms with van der Waals surface area (Å²) in [6.07, 6.45) is 1.47. The van der Waals surface area contributed by atoms with Crippen LogP contribution in [0.15, 0.2) is 93.2 Å². The number of para-hydroxylation sites is 3. The maximum atomic E-state index is 13.3. The Morgan fingerprint density at radius 2 is 1.82 bits per heavy atom. The molecular weight excluding hydrogens is 420 g/mol. The van der Waals surface area contributed by atoms with Gasteiger partial charge < -0.3 is 14.9 Å². The molecule has 5 aromatic rings. The maximum absolute atomic E-state index is 13.3. The lowest BCUT2D eigenvalue weighted by Gasteiger charge is -2.09. The van der Waals surface area contributed by atoms with Crippen molar-refractivity contribution in [1.29, 1.82) is 0 Å². The molecule has 0 radical (unpaired) electrons. The molecule has 8 nitrogen and oxygen atoms in total. The van der Waals surface area contributed by atoms with Crippen LogP contribution in [0.3, 0.4) is 0 Å². The van der Waals surface area contributed by atoms with Crippen molar-refractivity contribution in [2.45, 2.75) is 0 Å². The number of nitrogens with two attached hydrogens (primary N) is 1. The van der Waals surface area contributed by atoms with Crippen LogP contribution in [0.1, 0.15) is 5.56 Å². The van der Waals surface area contributed by atoms with E-state index in [0.717, 1.165) is 5.39 Å². The van der Waals surface area contributed by atoms with E-state index >= 15 is 0 Å². The zero-order valence-corrected chi connectivity index (χ0v) is 17.3. The van der Waals surface area contributed by atoms with E-state index in [1.165, 1.54) is 10.9 Å². The van der Waals surface area contributed by atoms with Gasteiger partial charge in [-0.2, -0.15) is 9.78 Å². The number of nitrogens with zero attached hydrogens (tertiary/aromatic N) is 3. The topological polar surface area (TPSA) is 113 Å². The molecule has 0 aliphatic carbocycles. The summed E-state index contributed by atoms with van der Waals surface area (Å²) in [6.45, 7) is -0.271. The molecule has 2 N–H and O–H groups in total. The molecule has 2 aromatic heterocycles. The predicted molar refractivity (Wildman–Crippen MR) is 125 cm³/mol. The van der Waals surface area contributed by atoms with E-state index in [4.69, 9.17) is 14.9 Å². The number of ether oxygens (including phenoxy) is 1. The summed E-state index contributed by atoms with van der Waals surface area (Å²) in [5.74, 6) is 0.493. The first-order valence-electron chi connectivity index (χ1n) is 10.2. The highest BCUT2D eigenvalue weighted by Crippen LogP contribution is 2.27. The normalized spacial score (nSPS) is 11.4. The van der Waals surface area contributed by atoms with Crippen LogP contribution in [0.25, 0.3) is 33.5 Å². The monoisotopic (exact) mass is 438 g/mol. The third-order valence-electron chi connectivity index (χ3n) is 5.00. The molecule has 2 heterocycles. The smallest absolute Gasteiger partial charge is 0.282 e. The molecule has 0 unspecified atom stereocenters. The molecule has 0 saturated carbocycles. The maximum Gasteiger partial charge on any atom is 0.282 e. The fourth-order valence-corrected chi connectivity index (χ4v) is 3.47. The van der Waals surface area contributed by atoms with Gasteiger partial charge in [-0.3, -0.25) is 9.59 Å². The Balaban J connectivity index is 1.66. The molecule has 33 heavy (non-hydrogen) atoms. The molecule has 0 bridgehead atoms. The summed E-state index contributed by atoms with van der Waals surface area (Å²) in [7, 11) is 0. The first kappa shape index (κ1) is 20.2. The van der Waals surface area contributed by atoms with Crippen molar-refractivity contribution < 1.29 is 13.9 Å². The van der Waals surface area contributed by atoms with Crippen LogP contribution in [-0.4, -0.2) is 28.4 Å². The molecule has 0 atom stereocenters. The number of rotatable bonds is 6. The highest BCUT2D eigenvalue weighted by Gasteiger charge is 2.16. The lowest BCUT2D eigenvalue weighted by molar-refractivity contribution is -0.119. The summed E-state index contributed by atoms with van der Waals surface area (Å²) < 4.78 is 12.6. The van der Waals surface area contributed by atoms with E-state index < -0.39 is 5.91 Å². The predicted octanol–water partition coefficient (Wildman–Crippen LogP) is 3.56. The van der Waals surface area contributed by atoms with Crippen molar-refractivity contribution in [2.24, 2.45) is 10.8 Å². The number of furan rings is 1. The van der Waals surface area contributed by atoms with Crippen molar-refractivity contribution >= 4 is 34.0 Å². The Bertz CT molecular complexity index is 1550. The molecule has 0 fully saturated rings. The van der Waals surface area contributed by atoms with Crippen molar-refractivity contribution in [2.75, 3.05) is 6.61 Å². The van der Waals surface area contributed by atoms with Crippen molar-refractivity contribution in [3.63, 3.8) is 0 Å². The van der Waals surface area contributed by atoms with Crippen molar-refractivity contribution in [1.82, 2.24) is 9.66 Å². The molecule has 3 aromatic carbocycles. The second-order valence-corrected chi connectivity index (χ2v) is 7.26. The minimum Gasteiger partial charge on any atom is -0.483 e. The average Bonchev–Trinajstić information content (AvgIpc) is 3.27. The number of aromatic nitrogens is 2. The molecule has 162 valence electrons. The van der Waals surface area contributed by atoms with E-state index in [2.05, 4.69) is 10.1 Å². The van der Waals surface area contributed by atoms with Gasteiger partial charge in [0, 0.05) is 10.9 Å². The number of carbonyl (C=O) groups is 1. The number of carbonyl (C=O) groups excluding carboxylic acids is 1. The highest BCUT2D eigenvalue weighted by molar-refractivity contribution is 5.86. The zero-order chi connectivity index (χ0) is 22.8. The largest absolute Gasteiger partial charge is 0.483 e. The SMILES string of the molecule is NC(=O)COc1ccccc1/C=N\n1c(-c2cc3ccccc3o2)nc2ccccc2c1=O. The van der Waals surface area contributed by atoms with E-state index in [9.17, 15) is 9.59 Å². The first-order chi connectivity index (χ1) is 16.1. The Hall–Kier alpha value is -4.72. The van der Waals surface area contributed by atoms with Crippen LogP contribution in [0.5, 0.6) is 5.75 Å². The summed E-state index contributed by atoms with van der Waals surface area (Å²) in [5, 5.41) is 5.73. The minimum absolute atomic E-state index is 0.265. The number of fused-ring (bicyclic) bond motifs is 2. The number of benzene rings is 3. The molecule has 0 aliphatic heterocycles. The third kappa shape index (κ3) is 3.97. The zero-order valence-electron chi connectivity index (χ0n) is 17.3. The average molecular weight is 438 g/mol. The lowest BCUT2D eigenvalue weighted by Crippen LogP contribution is -2.21. The molecule has 0 saturated heterocycles. The fourth-order valence-electron chi connectivity index (χ4n) is 3.47. The molecule has 5 rings (SSSR count). The third-order valence-corrected chi connectivity index (χ3v) is 5.00. The molecule has 8 heteroatoms. The van der Waals surface area contributed by atoms with E-state index in [0.29, 0.717) is 33.6 Å². The second kappa shape index (κ2) is 8.43. The Morgan fingerprint density at radius 1 is 1.06 bits per heavy atom. The summed E-state index contributed by atoms with van der Waals surface area (Å²) in [6, 6.07) is 23.4. The number of hydrogen-bond donors (Lipinski definition) is 1. The summed E-state index contributed by atoms with van der Waals surface area (Å²) in [5.41, 5.74) is 6.62. The summed E-state index contributed by atoms with van der Waals surface area (Å²) in [4.78, 5) is 29.1. The van der Waals surface area contributed by atoms with E-state index in [1.54, 1.807) is 42.5 Å². The number of primary amides is 1. The molecular formula is C25H18N4O4. The highest BCUT2D eigenvalue weighted by atomic mass is 16.5. The van der Waals surface area contributed by atoms with Gasteiger partial charge in [0.15, 0.2) is 12.4 Å². The fraction of sp³-hybridized carbons (Fsp3) is 0.0400. The van der Waals surface area contributed by atoms with Gasteiger partial charge in [-0.1, -0.05) is 42.5 Å². The van der Waals surface area contributed by atoms with Crippen molar-refractivity contribution in [3.8, 4) is 17.3 Å². The second-order valence-electron chi connectivity index (χ2n) is 7.26. The standard InChI is InChI=1S/C25H18N4O4/c26-23(30)15-32-20-11-5-2-8-17(20)14-27-29-24(22-13-16-7-1-6-12-21(16)33-22)28-19-10-4-3-9-18(19)25(29)31/h1-14H,15H2,(H2,26,30)/b27-14-. The minimum atomic E-state index is -0.594. The number of hydrogen-bond acceptors (Lipinski definition) is 6. The van der Waals surface area contributed by atoms with E-state index in [-0.39, 0.29) is 18.0 Å². The lowest BCUT2D eigenvalue weighted by atomic mass is 10.2. The molecule has 0 spiro atoms. The Labute approximate surface area is 187 Å². The van der Waals surface area contributed by atoms with Crippen LogP contribution >= 0.6 is 0 Å². The quantitative estimate of drug-likeness (QED) is 0.407. The van der Waals surface area contributed by atoms with Gasteiger partial charge in [0.05, 0.1) is 17.1 Å². The Morgan fingerprint density at radius 3 is 2.67 bits per heavy atom. The summed E-state index contributed by atoms with van der Waals surface area (Å²) >= 11 is 0. The van der Waals surface area contributed by atoms with Gasteiger partial charge in [0.25, 0.3) is 11.5 Å². The van der Waals surface area contributed by atoms with Crippen LogP contribution in [0.4, 0.5) is 0 Å². The van der Waals surface area contributed by atoms with Crippen LogP contribution < -0.4 is 16.0 Å². The molecule has 0 aliphatic rings. The van der Waals surface area contributed by atoms with Gasteiger partial charge in [0.1, 0.15) is 11.3 Å². The number of amides is 1. The first-order valence-corrected chi connectivity index (χ1v) is 10.2. The van der Waals surface area contributed by atoms with Crippen LogP contribution in [-0.2, 0) is 4.79 Å². The van der Waals surface area contributed by atoms with Gasteiger partial charge in [0.2, 0.25) is 5.82 Å². The van der Waals surface area contributed by atoms with Crippen molar-refractivity contribution in [3.05, 3.63) is 94.8 Å². The van der Waals surface area contributed by atoms with Gasteiger partial charge >= 0.3 is 0 Å². The van der Waals surface area contributed by atoms with Crippen LogP contribution in [0.2, 0.25) is 0 Å². The Kier molecular flexibility index (Phi) is 5.16. The van der Waals surface area contributed by atoms with Gasteiger partial charge in [-0.15, -0.1) is 0 Å².